The van der Waals surface area contributed by atoms with Gasteiger partial charge in [-0.05, 0) is 43.6 Å². The number of likely N-dealkylation sites (N-methyl/N-ethyl adjacent to an activating group) is 1. The third kappa shape index (κ3) is 3.96. The maximum Gasteiger partial charge on any atom is 0.0753 e. The molecule has 0 aromatic rings. The van der Waals surface area contributed by atoms with E-state index >= 15 is 0 Å². The van der Waals surface area contributed by atoms with Crippen LogP contribution in [-0.2, 0) is 4.74 Å². The lowest BCUT2D eigenvalue weighted by Gasteiger charge is -2.39. The van der Waals surface area contributed by atoms with Gasteiger partial charge in [-0.15, -0.1) is 0 Å². The minimum Gasteiger partial charge on any atom is -0.376 e. The Hall–Kier alpha value is -0.0800. The Balaban J connectivity index is 1.80. The van der Waals surface area contributed by atoms with Gasteiger partial charge in [0.1, 0.15) is 0 Å². The summed E-state index contributed by atoms with van der Waals surface area (Å²) in [6.45, 7) is 8.98. The first-order valence-electron chi connectivity index (χ1n) is 7.55. The van der Waals surface area contributed by atoms with Crippen molar-refractivity contribution >= 4 is 0 Å². The van der Waals surface area contributed by atoms with Crippen LogP contribution in [0.15, 0.2) is 0 Å². The zero-order valence-electron chi connectivity index (χ0n) is 11.7. The molecule has 1 N–H and O–H groups in total. The molecule has 2 saturated carbocycles. The fourth-order valence-corrected chi connectivity index (χ4v) is 3.35. The lowest BCUT2D eigenvalue weighted by molar-refractivity contribution is -0.0392. The van der Waals surface area contributed by atoms with Gasteiger partial charge in [0.15, 0.2) is 0 Å². The van der Waals surface area contributed by atoms with Crippen molar-refractivity contribution in [1.29, 1.82) is 0 Å². The van der Waals surface area contributed by atoms with Crippen LogP contribution >= 0.6 is 0 Å². The minimum atomic E-state index is 0.449. The predicted octanol–water partition coefficient (Wildman–Crippen LogP) is 3.22. The van der Waals surface area contributed by atoms with Crippen LogP contribution in [0.4, 0.5) is 0 Å². The van der Waals surface area contributed by atoms with Crippen molar-refractivity contribution in [3.05, 3.63) is 0 Å². The largest absolute Gasteiger partial charge is 0.376 e. The molecule has 0 amide bonds. The summed E-state index contributed by atoms with van der Waals surface area (Å²) in [7, 11) is 0. The summed E-state index contributed by atoms with van der Waals surface area (Å²) in [6, 6.07) is 0.581. The van der Waals surface area contributed by atoms with Gasteiger partial charge in [-0.3, -0.25) is 0 Å². The minimum absolute atomic E-state index is 0.449. The number of ether oxygens (including phenoxy) is 1. The fraction of sp³-hybridized carbons (Fsp3) is 1.00. The van der Waals surface area contributed by atoms with Gasteiger partial charge in [-0.1, -0.05) is 33.6 Å². The van der Waals surface area contributed by atoms with E-state index in [2.05, 4.69) is 26.1 Å². The first-order chi connectivity index (χ1) is 8.20. The standard InChI is InChI=1S/C15H29NO/c1-4-16-14-10-11(2)9-12(3)15(14)17-8-7-13-5-6-13/h11-16H,4-10H2,1-3H3. The van der Waals surface area contributed by atoms with E-state index in [1.807, 2.05) is 0 Å². The normalized spacial score (nSPS) is 38.3. The van der Waals surface area contributed by atoms with Crippen molar-refractivity contribution in [3.63, 3.8) is 0 Å². The lowest BCUT2D eigenvalue weighted by atomic mass is 9.78. The molecule has 2 fully saturated rings. The van der Waals surface area contributed by atoms with E-state index in [1.54, 1.807) is 0 Å². The van der Waals surface area contributed by atoms with Gasteiger partial charge in [0.05, 0.1) is 6.10 Å². The van der Waals surface area contributed by atoms with Gasteiger partial charge in [0, 0.05) is 12.6 Å². The van der Waals surface area contributed by atoms with Crippen molar-refractivity contribution in [2.75, 3.05) is 13.2 Å². The smallest absolute Gasteiger partial charge is 0.0753 e. The first kappa shape index (κ1) is 13.4. The highest BCUT2D eigenvalue weighted by Crippen LogP contribution is 2.34. The molecular weight excluding hydrogens is 210 g/mol. The van der Waals surface area contributed by atoms with Crippen LogP contribution < -0.4 is 5.32 Å². The molecule has 0 radical (unpaired) electrons. The molecule has 2 nitrogen and oxygen atoms in total. The Kier molecular flexibility index (Phi) is 4.87. The topological polar surface area (TPSA) is 21.3 Å². The summed E-state index contributed by atoms with van der Waals surface area (Å²) in [6.07, 6.45) is 7.24. The van der Waals surface area contributed by atoms with Crippen molar-refractivity contribution in [1.82, 2.24) is 5.32 Å². The Bertz CT molecular complexity index is 227. The molecule has 4 unspecified atom stereocenters. The molecule has 2 aliphatic rings. The highest BCUT2D eigenvalue weighted by Gasteiger charge is 2.34. The van der Waals surface area contributed by atoms with Crippen LogP contribution in [0.2, 0.25) is 0 Å². The molecule has 100 valence electrons. The number of hydrogen-bond acceptors (Lipinski definition) is 2. The Labute approximate surface area is 107 Å². The zero-order valence-corrected chi connectivity index (χ0v) is 11.7. The zero-order chi connectivity index (χ0) is 12.3. The lowest BCUT2D eigenvalue weighted by Crippen LogP contribution is -2.49. The molecular formula is C15H29NO. The van der Waals surface area contributed by atoms with E-state index in [0.717, 1.165) is 25.0 Å². The molecule has 0 saturated heterocycles. The number of rotatable bonds is 6. The molecule has 2 aliphatic carbocycles. The second-order valence-corrected chi connectivity index (χ2v) is 6.29. The maximum atomic E-state index is 6.20. The van der Waals surface area contributed by atoms with Crippen molar-refractivity contribution in [2.45, 2.75) is 65.0 Å². The maximum absolute atomic E-state index is 6.20. The van der Waals surface area contributed by atoms with Crippen molar-refractivity contribution < 1.29 is 4.74 Å². The highest BCUT2D eigenvalue weighted by molar-refractivity contribution is 4.88. The molecule has 0 heterocycles. The van der Waals surface area contributed by atoms with Gasteiger partial charge >= 0.3 is 0 Å². The van der Waals surface area contributed by atoms with Crippen LogP contribution in [-0.4, -0.2) is 25.3 Å². The van der Waals surface area contributed by atoms with Gasteiger partial charge in [0.2, 0.25) is 0 Å². The van der Waals surface area contributed by atoms with Crippen LogP contribution in [0.5, 0.6) is 0 Å². The third-order valence-electron chi connectivity index (χ3n) is 4.39. The monoisotopic (exact) mass is 239 g/mol. The van der Waals surface area contributed by atoms with Gasteiger partial charge in [-0.2, -0.15) is 0 Å². The summed E-state index contributed by atoms with van der Waals surface area (Å²) >= 11 is 0. The molecule has 0 aliphatic heterocycles. The third-order valence-corrected chi connectivity index (χ3v) is 4.39. The van der Waals surface area contributed by atoms with E-state index < -0.39 is 0 Å². The molecule has 17 heavy (non-hydrogen) atoms. The van der Waals surface area contributed by atoms with Gasteiger partial charge in [0.25, 0.3) is 0 Å². The van der Waals surface area contributed by atoms with Crippen LogP contribution in [0.3, 0.4) is 0 Å². The molecule has 0 aromatic carbocycles. The summed E-state index contributed by atoms with van der Waals surface area (Å²) in [5.41, 5.74) is 0. The number of hydrogen-bond donors (Lipinski definition) is 1. The van der Waals surface area contributed by atoms with E-state index in [1.165, 1.54) is 32.1 Å². The summed E-state index contributed by atoms with van der Waals surface area (Å²) in [5, 5.41) is 3.62. The summed E-state index contributed by atoms with van der Waals surface area (Å²) in [4.78, 5) is 0. The van der Waals surface area contributed by atoms with Crippen LogP contribution in [0, 0.1) is 17.8 Å². The van der Waals surface area contributed by atoms with E-state index in [0.29, 0.717) is 18.1 Å². The quantitative estimate of drug-likeness (QED) is 0.768. The predicted molar refractivity (Wildman–Crippen MR) is 72.1 cm³/mol. The Morgan fingerprint density at radius 2 is 1.94 bits per heavy atom. The SMILES string of the molecule is CCNC1CC(C)CC(C)C1OCCC1CC1. The number of nitrogens with one attached hydrogen (secondary N) is 1. The summed E-state index contributed by atoms with van der Waals surface area (Å²) in [5.74, 6) is 2.55. The van der Waals surface area contributed by atoms with Crippen LogP contribution in [0.25, 0.3) is 0 Å². The average molecular weight is 239 g/mol. The second-order valence-electron chi connectivity index (χ2n) is 6.29. The second kappa shape index (κ2) is 6.19. The molecule has 0 spiro atoms. The van der Waals surface area contributed by atoms with Crippen molar-refractivity contribution in [3.8, 4) is 0 Å². The van der Waals surface area contributed by atoms with E-state index in [-0.39, 0.29) is 0 Å². The fourth-order valence-electron chi connectivity index (χ4n) is 3.35. The van der Waals surface area contributed by atoms with E-state index in [9.17, 15) is 0 Å². The molecule has 2 rings (SSSR count). The summed E-state index contributed by atoms with van der Waals surface area (Å²) < 4.78 is 6.20. The molecule has 0 aromatic heterocycles. The van der Waals surface area contributed by atoms with Crippen molar-refractivity contribution in [2.24, 2.45) is 17.8 Å². The van der Waals surface area contributed by atoms with Crippen LogP contribution in [0.1, 0.15) is 52.9 Å². The molecule has 0 bridgehead atoms. The molecule has 4 atom stereocenters. The molecule has 2 heteroatoms. The van der Waals surface area contributed by atoms with E-state index in [4.69, 9.17) is 4.74 Å². The highest BCUT2D eigenvalue weighted by atomic mass is 16.5. The Morgan fingerprint density at radius 3 is 2.59 bits per heavy atom. The average Bonchev–Trinajstić information content (AvgIpc) is 3.06. The van der Waals surface area contributed by atoms with Gasteiger partial charge in [-0.25, -0.2) is 0 Å². The Morgan fingerprint density at radius 1 is 1.18 bits per heavy atom. The first-order valence-corrected chi connectivity index (χ1v) is 7.55. The van der Waals surface area contributed by atoms with Gasteiger partial charge < -0.3 is 10.1 Å².